The van der Waals surface area contributed by atoms with Gasteiger partial charge in [-0.1, -0.05) is 0 Å². The van der Waals surface area contributed by atoms with Crippen molar-refractivity contribution in [1.82, 2.24) is 14.5 Å². The number of carbonyl (C=O) groups excluding carboxylic acids is 1. The first-order chi connectivity index (χ1) is 14.3. The number of hydrogen-bond acceptors (Lipinski definition) is 7. The SMILES string of the molecule is Cn1c(=O)c(C(=O)Nc2ccc(S(=O)(=O)Nc3nccs3)cc2)cc2cccnc21. The quantitative estimate of drug-likeness (QED) is 0.490. The minimum atomic E-state index is -3.79. The molecule has 1 aromatic carbocycles. The average molecular weight is 441 g/mol. The van der Waals surface area contributed by atoms with Gasteiger partial charge in [-0.3, -0.25) is 18.9 Å². The Morgan fingerprint density at radius 1 is 1.10 bits per heavy atom. The molecule has 0 atom stereocenters. The Morgan fingerprint density at radius 2 is 1.87 bits per heavy atom. The summed E-state index contributed by atoms with van der Waals surface area (Å²) >= 11 is 1.16. The number of carbonyl (C=O) groups is 1. The van der Waals surface area contributed by atoms with Gasteiger partial charge in [0, 0.05) is 35.9 Å². The van der Waals surface area contributed by atoms with Crippen LogP contribution in [0.2, 0.25) is 0 Å². The summed E-state index contributed by atoms with van der Waals surface area (Å²) < 4.78 is 28.4. The molecule has 3 heterocycles. The smallest absolute Gasteiger partial charge is 0.264 e. The van der Waals surface area contributed by atoms with Crippen molar-refractivity contribution in [2.45, 2.75) is 4.90 Å². The number of nitrogens with one attached hydrogen (secondary N) is 2. The number of hydrogen-bond donors (Lipinski definition) is 2. The lowest BCUT2D eigenvalue weighted by atomic mass is 10.2. The van der Waals surface area contributed by atoms with E-state index in [2.05, 4.69) is 20.0 Å². The van der Waals surface area contributed by atoms with E-state index in [0.717, 1.165) is 11.3 Å². The molecular weight excluding hydrogens is 426 g/mol. The van der Waals surface area contributed by atoms with Gasteiger partial charge in [-0.15, -0.1) is 11.3 Å². The highest BCUT2D eigenvalue weighted by Gasteiger charge is 2.17. The molecule has 0 aliphatic heterocycles. The minimum absolute atomic E-state index is 0.0170. The Labute approximate surface area is 175 Å². The molecule has 152 valence electrons. The summed E-state index contributed by atoms with van der Waals surface area (Å²) in [6.07, 6.45) is 3.06. The van der Waals surface area contributed by atoms with Crippen molar-refractivity contribution in [3.8, 4) is 0 Å². The van der Waals surface area contributed by atoms with Crippen LogP contribution in [-0.2, 0) is 17.1 Å². The van der Waals surface area contributed by atoms with E-state index in [1.807, 2.05) is 0 Å². The molecule has 0 aliphatic carbocycles. The molecule has 0 radical (unpaired) electrons. The normalized spacial score (nSPS) is 11.4. The lowest BCUT2D eigenvalue weighted by Gasteiger charge is -2.10. The highest BCUT2D eigenvalue weighted by molar-refractivity contribution is 7.93. The van der Waals surface area contributed by atoms with Crippen LogP contribution >= 0.6 is 11.3 Å². The van der Waals surface area contributed by atoms with Crippen LogP contribution in [0.4, 0.5) is 10.8 Å². The molecule has 11 heteroatoms. The Morgan fingerprint density at radius 3 is 2.57 bits per heavy atom. The predicted octanol–water partition coefficient (Wildman–Crippen LogP) is 2.44. The third-order valence-corrected chi connectivity index (χ3v) is 6.46. The van der Waals surface area contributed by atoms with Gasteiger partial charge in [0.25, 0.3) is 21.5 Å². The Balaban J connectivity index is 1.57. The average Bonchev–Trinajstić information content (AvgIpc) is 3.23. The lowest BCUT2D eigenvalue weighted by molar-refractivity contribution is 0.102. The van der Waals surface area contributed by atoms with E-state index in [1.165, 1.54) is 41.1 Å². The number of nitrogens with zero attached hydrogens (tertiary/aromatic N) is 3. The van der Waals surface area contributed by atoms with Crippen LogP contribution in [0.25, 0.3) is 11.0 Å². The fourth-order valence-corrected chi connectivity index (χ4v) is 4.61. The van der Waals surface area contributed by atoms with Gasteiger partial charge in [-0.05, 0) is 42.5 Å². The van der Waals surface area contributed by atoms with Gasteiger partial charge < -0.3 is 5.32 Å². The molecule has 2 N–H and O–H groups in total. The molecule has 0 fully saturated rings. The van der Waals surface area contributed by atoms with E-state index in [9.17, 15) is 18.0 Å². The Hall–Kier alpha value is -3.57. The molecular formula is C19H15N5O4S2. The molecule has 0 unspecified atom stereocenters. The van der Waals surface area contributed by atoms with Gasteiger partial charge in [0.15, 0.2) is 5.13 Å². The second-order valence-electron chi connectivity index (χ2n) is 6.26. The first-order valence-electron chi connectivity index (χ1n) is 8.64. The van der Waals surface area contributed by atoms with E-state index in [4.69, 9.17) is 0 Å². The molecule has 0 saturated heterocycles. The zero-order valence-corrected chi connectivity index (χ0v) is 17.2. The number of benzene rings is 1. The van der Waals surface area contributed by atoms with E-state index < -0.39 is 21.5 Å². The van der Waals surface area contributed by atoms with Crippen LogP contribution in [0.5, 0.6) is 0 Å². The number of thiazole rings is 1. The maximum atomic E-state index is 12.6. The Bertz CT molecular complexity index is 1400. The van der Waals surface area contributed by atoms with Crippen molar-refractivity contribution in [2.24, 2.45) is 7.05 Å². The second-order valence-corrected chi connectivity index (χ2v) is 8.84. The highest BCUT2D eigenvalue weighted by Crippen LogP contribution is 2.20. The van der Waals surface area contributed by atoms with E-state index in [-0.39, 0.29) is 15.6 Å². The van der Waals surface area contributed by atoms with Crippen molar-refractivity contribution < 1.29 is 13.2 Å². The monoisotopic (exact) mass is 441 g/mol. The molecule has 0 saturated carbocycles. The van der Waals surface area contributed by atoms with Crippen LogP contribution in [0, 0.1) is 0 Å². The number of fused-ring (bicyclic) bond motifs is 1. The molecule has 0 bridgehead atoms. The van der Waals surface area contributed by atoms with Crippen molar-refractivity contribution in [2.75, 3.05) is 10.0 Å². The molecule has 3 aromatic heterocycles. The van der Waals surface area contributed by atoms with Crippen LogP contribution in [-0.4, -0.2) is 28.9 Å². The summed E-state index contributed by atoms with van der Waals surface area (Å²) in [6.45, 7) is 0. The molecule has 4 aromatic rings. The number of rotatable bonds is 5. The molecule has 0 aliphatic rings. The number of aromatic nitrogens is 3. The van der Waals surface area contributed by atoms with Crippen LogP contribution in [0.15, 0.2) is 69.9 Å². The number of pyridine rings is 2. The van der Waals surface area contributed by atoms with Gasteiger partial charge in [0.1, 0.15) is 11.2 Å². The molecule has 1 amide bonds. The predicted molar refractivity (Wildman–Crippen MR) is 114 cm³/mol. The highest BCUT2D eigenvalue weighted by atomic mass is 32.2. The van der Waals surface area contributed by atoms with Crippen LogP contribution in [0.3, 0.4) is 0 Å². The fourth-order valence-electron chi connectivity index (χ4n) is 2.82. The molecule has 30 heavy (non-hydrogen) atoms. The third-order valence-electron chi connectivity index (χ3n) is 4.29. The number of amides is 1. The summed E-state index contributed by atoms with van der Waals surface area (Å²) in [5.74, 6) is -0.599. The largest absolute Gasteiger partial charge is 0.322 e. The third kappa shape index (κ3) is 3.80. The topological polar surface area (TPSA) is 123 Å². The summed E-state index contributed by atoms with van der Waals surface area (Å²) in [6, 6.07) is 10.6. The van der Waals surface area contributed by atoms with Crippen LogP contribution in [0.1, 0.15) is 10.4 Å². The molecule has 4 rings (SSSR count). The maximum absolute atomic E-state index is 12.6. The van der Waals surface area contributed by atoms with E-state index in [0.29, 0.717) is 16.7 Å². The fraction of sp³-hybridized carbons (Fsp3) is 0.0526. The van der Waals surface area contributed by atoms with Gasteiger partial charge in [-0.2, -0.15) is 0 Å². The van der Waals surface area contributed by atoms with Crippen LogP contribution < -0.4 is 15.6 Å². The second kappa shape index (κ2) is 7.69. The van der Waals surface area contributed by atoms with Crippen molar-refractivity contribution in [3.63, 3.8) is 0 Å². The first kappa shape index (κ1) is 19.7. The molecule has 0 spiro atoms. The summed E-state index contributed by atoms with van der Waals surface area (Å²) in [4.78, 5) is 33.2. The van der Waals surface area contributed by atoms with Crippen molar-refractivity contribution in [3.05, 3.63) is 76.2 Å². The van der Waals surface area contributed by atoms with Crippen molar-refractivity contribution >= 4 is 49.1 Å². The lowest BCUT2D eigenvalue weighted by Crippen LogP contribution is -2.28. The van der Waals surface area contributed by atoms with Gasteiger partial charge in [-0.25, -0.2) is 18.4 Å². The summed E-state index contributed by atoms with van der Waals surface area (Å²) in [5.41, 5.74) is 0.300. The van der Waals surface area contributed by atoms with Gasteiger partial charge >= 0.3 is 0 Å². The van der Waals surface area contributed by atoms with E-state index >= 15 is 0 Å². The van der Waals surface area contributed by atoms with E-state index in [1.54, 1.807) is 30.8 Å². The number of anilines is 2. The standard InChI is InChI=1S/C19H15N5O4S2/c1-24-16-12(3-2-8-20-16)11-15(18(24)26)17(25)22-13-4-6-14(7-5-13)30(27,28)23-19-21-9-10-29-19/h2-11H,1H3,(H,21,23)(H,22,25). The summed E-state index contributed by atoms with van der Waals surface area (Å²) in [5, 5.41) is 5.18. The zero-order chi connectivity index (χ0) is 21.3. The zero-order valence-electron chi connectivity index (χ0n) is 15.6. The number of sulfonamides is 1. The Kier molecular flexibility index (Phi) is 5.06. The minimum Gasteiger partial charge on any atom is -0.322 e. The summed E-state index contributed by atoms with van der Waals surface area (Å²) in [7, 11) is -2.25. The first-order valence-corrected chi connectivity index (χ1v) is 11.0. The molecule has 9 nitrogen and oxygen atoms in total. The van der Waals surface area contributed by atoms with Gasteiger partial charge in [0.05, 0.1) is 4.90 Å². The maximum Gasteiger partial charge on any atom is 0.264 e. The number of aryl methyl sites for hydroxylation is 1. The van der Waals surface area contributed by atoms with Gasteiger partial charge in [0.2, 0.25) is 0 Å². The van der Waals surface area contributed by atoms with Crippen molar-refractivity contribution in [1.29, 1.82) is 0 Å².